The third kappa shape index (κ3) is 3.98. The molecule has 0 aliphatic rings. The van der Waals surface area contributed by atoms with Crippen molar-refractivity contribution >= 4 is 88.2 Å². The van der Waals surface area contributed by atoms with Gasteiger partial charge in [-0.3, -0.25) is 4.79 Å². The van der Waals surface area contributed by atoms with Crippen LogP contribution in [0, 0.1) is 0 Å². The number of fused-ring (bicyclic) bond motifs is 1. The Bertz CT molecular complexity index is 1190. The molecule has 4 rings (SSSR count). The van der Waals surface area contributed by atoms with Crippen LogP contribution in [0.2, 0.25) is 10.0 Å². The zero-order valence-electron chi connectivity index (χ0n) is 14.0. The molecule has 1 amide bonds. The minimum absolute atomic E-state index is 0.288. The molecule has 140 valence electrons. The Kier molecular flexibility index (Phi) is 5.76. The fourth-order valence-corrected chi connectivity index (χ4v) is 5.29. The highest BCUT2D eigenvalue weighted by Crippen LogP contribution is 2.40. The van der Waals surface area contributed by atoms with Crippen molar-refractivity contribution in [2.75, 3.05) is 5.32 Å². The molecule has 0 bridgehead atoms. The zero-order valence-corrected chi connectivity index (χ0v) is 19.5. The second-order valence-corrected chi connectivity index (χ2v) is 9.49. The van der Waals surface area contributed by atoms with Crippen molar-refractivity contribution in [3.8, 4) is 10.6 Å². The van der Waals surface area contributed by atoms with Crippen LogP contribution in [0.25, 0.3) is 20.8 Å². The highest BCUT2D eigenvalue weighted by atomic mass is 79.9. The smallest absolute Gasteiger partial charge is 0.255 e. The molecule has 0 radical (unpaired) electrons. The quantitative estimate of drug-likeness (QED) is 0.277. The third-order valence-corrected chi connectivity index (χ3v) is 6.89. The summed E-state index contributed by atoms with van der Waals surface area (Å²) in [6.07, 6.45) is 0. The van der Waals surface area contributed by atoms with Gasteiger partial charge in [-0.15, -0.1) is 11.3 Å². The van der Waals surface area contributed by atoms with Gasteiger partial charge in [0.05, 0.1) is 25.9 Å². The van der Waals surface area contributed by atoms with Crippen molar-refractivity contribution in [1.29, 1.82) is 0 Å². The Labute approximate surface area is 192 Å². The van der Waals surface area contributed by atoms with Gasteiger partial charge in [-0.25, -0.2) is 4.98 Å². The Hall–Kier alpha value is -1.44. The van der Waals surface area contributed by atoms with Crippen LogP contribution < -0.4 is 5.32 Å². The summed E-state index contributed by atoms with van der Waals surface area (Å²) < 4.78 is 2.70. The van der Waals surface area contributed by atoms with Crippen molar-refractivity contribution in [1.82, 2.24) is 4.98 Å². The summed E-state index contributed by atoms with van der Waals surface area (Å²) in [4.78, 5) is 17.5. The number of carbonyl (C=O) groups excluding carboxylic acids is 1. The number of rotatable bonds is 3. The van der Waals surface area contributed by atoms with Crippen molar-refractivity contribution in [3.05, 3.63) is 79.2 Å². The minimum atomic E-state index is -0.288. The lowest BCUT2D eigenvalue weighted by atomic mass is 10.1. The first-order chi connectivity index (χ1) is 13.4. The van der Waals surface area contributed by atoms with E-state index in [4.69, 9.17) is 28.2 Å². The van der Waals surface area contributed by atoms with Crippen molar-refractivity contribution in [2.24, 2.45) is 0 Å². The van der Waals surface area contributed by atoms with Crippen LogP contribution in [-0.4, -0.2) is 10.9 Å². The van der Waals surface area contributed by atoms with E-state index < -0.39 is 0 Å². The van der Waals surface area contributed by atoms with Crippen molar-refractivity contribution in [3.63, 3.8) is 0 Å². The molecular formula is C20H10Br2Cl2N2OS. The standard InChI is InChI=1S/C20H10Br2Cl2N2OS/c21-11-8-12(20-25-16-3-1-2-4-17(16)28-20)18(13(22)9-11)26-19(27)10-5-6-14(23)15(24)7-10/h1-9H,(H,26,27). The Balaban J connectivity index is 1.78. The maximum absolute atomic E-state index is 12.8. The van der Waals surface area contributed by atoms with Crippen LogP contribution in [0.1, 0.15) is 10.4 Å². The summed E-state index contributed by atoms with van der Waals surface area (Å²) in [6, 6.07) is 16.5. The number of amides is 1. The molecule has 0 atom stereocenters. The maximum atomic E-state index is 12.8. The van der Waals surface area contributed by atoms with E-state index in [1.54, 1.807) is 29.5 Å². The summed E-state index contributed by atoms with van der Waals surface area (Å²) in [5.74, 6) is -0.288. The molecule has 1 aromatic heterocycles. The normalized spacial score (nSPS) is 11.0. The van der Waals surface area contributed by atoms with Gasteiger partial charge in [0.15, 0.2) is 0 Å². The fourth-order valence-electron chi connectivity index (χ4n) is 2.68. The number of hydrogen-bond acceptors (Lipinski definition) is 3. The van der Waals surface area contributed by atoms with Gasteiger partial charge in [0.1, 0.15) is 5.01 Å². The second-order valence-electron chi connectivity index (χ2n) is 5.88. The number of thiazole rings is 1. The molecule has 3 aromatic carbocycles. The summed E-state index contributed by atoms with van der Waals surface area (Å²) in [5.41, 5.74) is 2.79. The topological polar surface area (TPSA) is 42.0 Å². The molecule has 1 heterocycles. The van der Waals surface area contributed by atoms with Crippen LogP contribution in [-0.2, 0) is 0 Å². The molecule has 0 saturated heterocycles. The number of benzene rings is 3. The van der Waals surface area contributed by atoms with E-state index in [1.807, 2.05) is 36.4 Å². The second kappa shape index (κ2) is 8.13. The van der Waals surface area contributed by atoms with Crippen LogP contribution in [0.5, 0.6) is 0 Å². The van der Waals surface area contributed by atoms with Crippen molar-refractivity contribution in [2.45, 2.75) is 0 Å². The minimum Gasteiger partial charge on any atom is -0.320 e. The Morgan fingerprint density at radius 3 is 2.54 bits per heavy atom. The number of para-hydroxylation sites is 1. The van der Waals surface area contributed by atoms with Gasteiger partial charge >= 0.3 is 0 Å². The largest absolute Gasteiger partial charge is 0.320 e. The van der Waals surface area contributed by atoms with E-state index in [0.717, 1.165) is 29.7 Å². The van der Waals surface area contributed by atoms with Gasteiger partial charge < -0.3 is 5.32 Å². The lowest BCUT2D eigenvalue weighted by Crippen LogP contribution is -2.13. The molecule has 0 fully saturated rings. The number of carbonyl (C=O) groups is 1. The molecule has 3 nitrogen and oxygen atoms in total. The highest BCUT2D eigenvalue weighted by molar-refractivity contribution is 9.11. The Morgan fingerprint density at radius 1 is 1.00 bits per heavy atom. The van der Waals surface area contributed by atoms with E-state index in [9.17, 15) is 4.79 Å². The van der Waals surface area contributed by atoms with Gasteiger partial charge in [-0.1, -0.05) is 51.3 Å². The maximum Gasteiger partial charge on any atom is 0.255 e. The average Bonchev–Trinajstić information content (AvgIpc) is 3.09. The van der Waals surface area contributed by atoms with Gasteiger partial charge in [0.25, 0.3) is 5.91 Å². The first kappa shape index (κ1) is 19.9. The van der Waals surface area contributed by atoms with Crippen LogP contribution >= 0.6 is 66.4 Å². The molecule has 8 heteroatoms. The molecule has 28 heavy (non-hydrogen) atoms. The molecule has 0 saturated carbocycles. The van der Waals surface area contributed by atoms with E-state index in [1.165, 1.54) is 0 Å². The van der Waals surface area contributed by atoms with Gasteiger partial charge in [-0.05, 0) is 58.4 Å². The third-order valence-electron chi connectivity index (χ3n) is 4.00. The molecule has 4 aromatic rings. The Morgan fingerprint density at radius 2 is 1.79 bits per heavy atom. The lowest BCUT2D eigenvalue weighted by molar-refractivity contribution is 0.102. The molecule has 0 aliphatic carbocycles. The zero-order chi connectivity index (χ0) is 19.8. The summed E-state index contributed by atoms with van der Waals surface area (Å²) in [5, 5.41) is 4.51. The highest BCUT2D eigenvalue weighted by Gasteiger charge is 2.18. The monoisotopic (exact) mass is 554 g/mol. The first-order valence-electron chi connectivity index (χ1n) is 8.04. The lowest BCUT2D eigenvalue weighted by Gasteiger charge is -2.13. The number of nitrogens with zero attached hydrogens (tertiary/aromatic N) is 1. The van der Waals surface area contributed by atoms with Gasteiger partial charge in [-0.2, -0.15) is 0 Å². The molecule has 0 aliphatic heterocycles. The number of halogens is 4. The first-order valence-corrected chi connectivity index (χ1v) is 11.2. The van der Waals surface area contributed by atoms with Crippen LogP contribution in [0.3, 0.4) is 0 Å². The average molecular weight is 557 g/mol. The summed E-state index contributed by atoms with van der Waals surface area (Å²) in [6.45, 7) is 0. The summed E-state index contributed by atoms with van der Waals surface area (Å²) >= 11 is 20.6. The molecule has 0 unspecified atom stereocenters. The van der Waals surface area contributed by atoms with E-state index >= 15 is 0 Å². The van der Waals surface area contributed by atoms with Crippen LogP contribution in [0.4, 0.5) is 5.69 Å². The molecule has 0 spiro atoms. The SMILES string of the molecule is O=C(Nc1c(Br)cc(Br)cc1-c1nc2ccccc2s1)c1ccc(Cl)c(Cl)c1. The predicted molar refractivity (Wildman–Crippen MR) is 125 cm³/mol. The number of anilines is 1. The number of aromatic nitrogens is 1. The fraction of sp³-hybridized carbons (Fsp3) is 0. The van der Waals surface area contributed by atoms with Crippen LogP contribution in [0.15, 0.2) is 63.5 Å². The van der Waals surface area contributed by atoms with Gasteiger partial charge in [0.2, 0.25) is 0 Å². The predicted octanol–water partition coefficient (Wildman–Crippen LogP) is 8.05. The van der Waals surface area contributed by atoms with E-state index in [2.05, 4.69) is 37.2 Å². The van der Waals surface area contributed by atoms with Gasteiger partial charge in [0, 0.05) is 20.1 Å². The number of hydrogen-bond donors (Lipinski definition) is 1. The van der Waals surface area contributed by atoms with Crippen molar-refractivity contribution < 1.29 is 4.79 Å². The van der Waals surface area contributed by atoms with E-state index in [0.29, 0.717) is 21.3 Å². The molecule has 1 N–H and O–H groups in total. The molecular weight excluding hydrogens is 547 g/mol. The summed E-state index contributed by atoms with van der Waals surface area (Å²) in [7, 11) is 0. The van der Waals surface area contributed by atoms with E-state index in [-0.39, 0.29) is 5.91 Å². The number of nitrogens with one attached hydrogen (secondary N) is 1.